The first-order valence-corrected chi connectivity index (χ1v) is 17.4. The van der Waals surface area contributed by atoms with Crippen LogP contribution in [0.15, 0.2) is 188 Å². The zero-order valence-corrected chi connectivity index (χ0v) is 27.6. The van der Waals surface area contributed by atoms with Gasteiger partial charge in [0.1, 0.15) is 0 Å². The summed E-state index contributed by atoms with van der Waals surface area (Å²) in [4.78, 5) is 2.44. The van der Waals surface area contributed by atoms with Crippen LogP contribution in [0.2, 0.25) is 0 Å². The van der Waals surface area contributed by atoms with Crippen LogP contribution in [-0.2, 0) is 6.54 Å². The van der Waals surface area contributed by atoms with Crippen LogP contribution in [-0.4, -0.2) is 0 Å². The number of para-hydroxylation sites is 1. The molecule has 1 heteroatoms. The topological polar surface area (TPSA) is 3.24 Å². The zero-order valence-electron chi connectivity index (χ0n) is 27.6. The van der Waals surface area contributed by atoms with Crippen molar-refractivity contribution >= 4 is 43.7 Å². The van der Waals surface area contributed by atoms with Gasteiger partial charge in [-0.3, -0.25) is 0 Å². The van der Waals surface area contributed by atoms with E-state index in [2.05, 4.69) is 193 Å². The summed E-state index contributed by atoms with van der Waals surface area (Å²) in [6.45, 7) is 0.857. The number of fused-ring (bicyclic) bond motifs is 9. The summed E-state index contributed by atoms with van der Waals surface area (Å²) in [6.07, 6.45) is 0. The highest BCUT2D eigenvalue weighted by Gasteiger charge is 2.22. The van der Waals surface area contributed by atoms with Crippen LogP contribution in [0.5, 0.6) is 0 Å². The lowest BCUT2D eigenvalue weighted by Gasteiger charge is -2.33. The van der Waals surface area contributed by atoms with Crippen molar-refractivity contribution < 1.29 is 0 Å². The van der Waals surface area contributed by atoms with Gasteiger partial charge >= 0.3 is 0 Å². The molecule has 1 nitrogen and oxygen atoms in total. The standard InChI is InChI=1S/C49H33N/c1-2-16-41-39(11-1)32-50(49-22-8-7-21-47(41)49)40-15-10-14-37(30-40)34-25-23-33(24-26-34)35-12-9-13-36(29-35)38-27-28-46-44-19-4-3-17-42(44)43-18-5-6-20-45(43)48(46)31-38/h1-31H,32H2. The molecule has 0 saturated heterocycles. The average molecular weight is 636 g/mol. The molecule has 0 atom stereocenters. The van der Waals surface area contributed by atoms with Crippen molar-refractivity contribution in [2.45, 2.75) is 6.54 Å². The second-order valence-electron chi connectivity index (χ2n) is 13.3. The van der Waals surface area contributed by atoms with Gasteiger partial charge in [0.2, 0.25) is 0 Å². The molecule has 0 spiro atoms. The molecule has 0 amide bonds. The maximum Gasteiger partial charge on any atom is 0.0493 e. The van der Waals surface area contributed by atoms with Crippen molar-refractivity contribution in [2.24, 2.45) is 0 Å². The van der Waals surface area contributed by atoms with Crippen LogP contribution >= 0.6 is 0 Å². The third-order valence-electron chi connectivity index (χ3n) is 10.5. The summed E-state index contributed by atoms with van der Waals surface area (Å²) in [6, 6.07) is 69.0. The Hall–Kier alpha value is -6.44. The van der Waals surface area contributed by atoms with Gasteiger partial charge in [-0.2, -0.15) is 0 Å². The lowest BCUT2D eigenvalue weighted by Crippen LogP contribution is -2.21. The minimum Gasteiger partial charge on any atom is -0.336 e. The molecule has 1 aliphatic heterocycles. The first-order chi connectivity index (χ1) is 24.8. The maximum atomic E-state index is 2.44. The minimum absolute atomic E-state index is 0.857. The number of hydrogen-bond acceptors (Lipinski definition) is 1. The van der Waals surface area contributed by atoms with Crippen LogP contribution < -0.4 is 4.90 Å². The summed E-state index contributed by atoms with van der Waals surface area (Å²) in [5.41, 5.74) is 13.8. The van der Waals surface area contributed by atoms with Gasteiger partial charge in [0.25, 0.3) is 0 Å². The van der Waals surface area contributed by atoms with Crippen molar-refractivity contribution in [1.29, 1.82) is 0 Å². The number of anilines is 2. The Kier molecular flexibility index (Phi) is 6.63. The second-order valence-corrected chi connectivity index (χ2v) is 13.3. The van der Waals surface area contributed by atoms with Gasteiger partial charge in [-0.25, -0.2) is 0 Å². The van der Waals surface area contributed by atoms with Crippen LogP contribution in [0.1, 0.15) is 5.56 Å². The van der Waals surface area contributed by atoms with Crippen LogP contribution in [0.4, 0.5) is 11.4 Å². The van der Waals surface area contributed by atoms with Gasteiger partial charge in [0, 0.05) is 23.5 Å². The fourth-order valence-electron chi connectivity index (χ4n) is 8.02. The Balaban J connectivity index is 0.975. The van der Waals surface area contributed by atoms with Crippen LogP contribution in [0, 0.1) is 0 Å². The molecule has 0 aromatic heterocycles. The summed E-state index contributed by atoms with van der Waals surface area (Å²) >= 11 is 0. The van der Waals surface area contributed by atoms with E-state index in [4.69, 9.17) is 0 Å². The molecule has 1 heterocycles. The van der Waals surface area contributed by atoms with Crippen molar-refractivity contribution in [2.75, 3.05) is 4.90 Å². The fourth-order valence-corrected chi connectivity index (χ4v) is 8.02. The van der Waals surface area contributed by atoms with Gasteiger partial charge in [-0.05, 0) is 107 Å². The predicted molar refractivity (Wildman–Crippen MR) is 213 cm³/mol. The van der Waals surface area contributed by atoms with Crippen molar-refractivity contribution in [3.8, 4) is 44.5 Å². The van der Waals surface area contributed by atoms with E-state index in [1.165, 1.54) is 93.8 Å². The van der Waals surface area contributed by atoms with E-state index in [1.807, 2.05) is 0 Å². The largest absolute Gasteiger partial charge is 0.336 e. The predicted octanol–water partition coefficient (Wildman–Crippen LogP) is 13.5. The van der Waals surface area contributed by atoms with E-state index >= 15 is 0 Å². The average Bonchev–Trinajstić information content (AvgIpc) is 3.20. The lowest BCUT2D eigenvalue weighted by molar-refractivity contribution is 0.961. The van der Waals surface area contributed by atoms with E-state index < -0.39 is 0 Å². The molecular formula is C49H33N. The van der Waals surface area contributed by atoms with E-state index in [0.29, 0.717) is 0 Å². The third kappa shape index (κ3) is 4.70. The molecule has 10 rings (SSSR count). The molecular weight excluding hydrogens is 603 g/mol. The van der Waals surface area contributed by atoms with Crippen molar-refractivity contribution in [3.63, 3.8) is 0 Å². The molecule has 0 unspecified atom stereocenters. The molecule has 1 aliphatic rings. The minimum atomic E-state index is 0.857. The molecule has 234 valence electrons. The summed E-state index contributed by atoms with van der Waals surface area (Å²) < 4.78 is 0. The lowest BCUT2D eigenvalue weighted by atomic mass is 9.91. The van der Waals surface area contributed by atoms with Crippen LogP contribution in [0.25, 0.3) is 76.8 Å². The summed E-state index contributed by atoms with van der Waals surface area (Å²) in [5.74, 6) is 0. The quantitative estimate of drug-likeness (QED) is 0.174. The van der Waals surface area contributed by atoms with E-state index in [1.54, 1.807) is 0 Å². The van der Waals surface area contributed by atoms with Crippen molar-refractivity contribution in [1.82, 2.24) is 0 Å². The van der Waals surface area contributed by atoms with E-state index in [9.17, 15) is 0 Å². The maximum absolute atomic E-state index is 2.44. The monoisotopic (exact) mass is 635 g/mol. The zero-order chi connectivity index (χ0) is 33.0. The third-order valence-corrected chi connectivity index (χ3v) is 10.5. The SMILES string of the molecule is c1cc(-c2ccc(-c3cccc(N4Cc5ccccc5-c5ccccc54)c3)cc2)cc(-c2ccc3c4ccccc4c4ccccc4c3c2)c1. The Morgan fingerprint density at radius 3 is 1.48 bits per heavy atom. The van der Waals surface area contributed by atoms with E-state index in [-0.39, 0.29) is 0 Å². The molecule has 0 aliphatic carbocycles. The molecule has 9 aromatic rings. The molecule has 9 aromatic carbocycles. The highest BCUT2D eigenvalue weighted by atomic mass is 15.1. The normalized spacial score (nSPS) is 12.3. The van der Waals surface area contributed by atoms with Gasteiger partial charge in [-0.15, -0.1) is 0 Å². The fraction of sp³-hybridized carbons (Fsp3) is 0.0204. The number of nitrogens with zero attached hydrogens (tertiary/aromatic N) is 1. The first-order valence-electron chi connectivity index (χ1n) is 17.4. The van der Waals surface area contributed by atoms with Gasteiger partial charge in [-0.1, -0.05) is 158 Å². The summed E-state index contributed by atoms with van der Waals surface area (Å²) in [7, 11) is 0. The first kappa shape index (κ1) is 28.6. The highest BCUT2D eigenvalue weighted by Crippen LogP contribution is 2.43. The van der Waals surface area contributed by atoms with Gasteiger partial charge in [0.05, 0.1) is 0 Å². The molecule has 0 bridgehead atoms. The van der Waals surface area contributed by atoms with Crippen LogP contribution in [0.3, 0.4) is 0 Å². The Labute approximate surface area is 292 Å². The van der Waals surface area contributed by atoms with Gasteiger partial charge < -0.3 is 4.90 Å². The number of hydrogen-bond donors (Lipinski definition) is 0. The second kappa shape index (κ2) is 11.6. The smallest absolute Gasteiger partial charge is 0.0493 e. The molecule has 0 radical (unpaired) electrons. The number of rotatable bonds is 4. The Morgan fingerprint density at radius 2 is 0.780 bits per heavy atom. The Bertz CT molecular complexity index is 2700. The van der Waals surface area contributed by atoms with Gasteiger partial charge in [0.15, 0.2) is 0 Å². The molecule has 0 saturated carbocycles. The molecule has 50 heavy (non-hydrogen) atoms. The number of benzene rings is 9. The Morgan fingerprint density at radius 1 is 0.300 bits per heavy atom. The molecule has 0 fully saturated rings. The molecule has 0 N–H and O–H groups in total. The summed E-state index contributed by atoms with van der Waals surface area (Å²) in [5, 5.41) is 7.81. The highest BCUT2D eigenvalue weighted by molar-refractivity contribution is 6.25. The van der Waals surface area contributed by atoms with Crippen molar-refractivity contribution in [3.05, 3.63) is 194 Å². The van der Waals surface area contributed by atoms with E-state index in [0.717, 1.165) is 6.54 Å².